The Morgan fingerprint density at radius 3 is 2.38 bits per heavy atom. The highest BCUT2D eigenvalue weighted by atomic mass is 32.2. The van der Waals surface area contributed by atoms with E-state index in [9.17, 15) is 26.4 Å². The monoisotopic (exact) mass is 467 g/mol. The number of amides is 1. The summed E-state index contributed by atoms with van der Waals surface area (Å²) < 4.78 is 66.1. The Bertz CT molecular complexity index is 1100. The van der Waals surface area contributed by atoms with Crippen molar-refractivity contribution in [3.63, 3.8) is 0 Å². The lowest BCUT2D eigenvalue weighted by Crippen LogP contribution is -2.16. The minimum atomic E-state index is -3.38. The zero-order valence-electron chi connectivity index (χ0n) is 17.3. The molecule has 2 aliphatic rings. The van der Waals surface area contributed by atoms with Gasteiger partial charge in [-0.05, 0) is 49.3 Å². The smallest absolute Gasteiger partial charge is 0.257 e. The van der Waals surface area contributed by atoms with Gasteiger partial charge in [-0.25, -0.2) is 21.6 Å². The van der Waals surface area contributed by atoms with E-state index in [1.54, 1.807) is 0 Å². The largest absolute Gasteiger partial charge is 0.305 e. The molecule has 1 aromatic carbocycles. The lowest BCUT2D eigenvalue weighted by molar-refractivity contribution is -0.111. The van der Waals surface area contributed by atoms with Gasteiger partial charge in [0, 0.05) is 17.8 Å². The molecule has 0 aliphatic heterocycles. The number of aryl methyl sites for hydroxylation is 1. The molecule has 0 bridgehead atoms. The van der Waals surface area contributed by atoms with E-state index in [0.29, 0.717) is 18.4 Å². The quantitative estimate of drug-likeness (QED) is 0.597. The van der Waals surface area contributed by atoms with Crippen molar-refractivity contribution in [1.29, 1.82) is 0 Å². The third kappa shape index (κ3) is 4.90. The van der Waals surface area contributed by atoms with Crippen molar-refractivity contribution in [3.05, 3.63) is 48.2 Å². The van der Waals surface area contributed by atoms with Crippen molar-refractivity contribution in [2.45, 2.75) is 54.7 Å². The Morgan fingerprint density at radius 1 is 1.12 bits per heavy atom. The van der Waals surface area contributed by atoms with Gasteiger partial charge in [0.1, 0.15) is 19.0 Å². The second-order valence-electron chi connectivity index (χ2n) is 8.22. The Balaban J connectivity index is 1.60. The van der Waals surface area contributed by atoms with Gasteiger partial charge in [-0.2, -0.15) is 5.10 Å². The molecule has 0 saturated heterocycles. The number of anilines is 1. The van der Waals surface area contributed by atoms with Crippen molar-refractivity contribution in [2.75, 3.05) is 12.0 Å². The molecule has 10 heteroatoms. The van der Waals surface area contributed by atoms with Gasteiger partial charge in [-0.1, -0.05) is 18.2 Å². The highest BCUT2D eigenvalue weighted by molar-refractivity contribution is 7.92. The Morgan fingerprint density at radius 2 is 1.78 bits per heavy atom. The van der Waals surface area contributed by atoms with Gasteiger partial charge in [0.2, 0.25) is 0 Å². The number of alkyl halides is 3. The third-order valence-corrected chi connectivity index (χ3v) is 8.03. The summed E-state index contributed by atoms with van der Waals surface area (Å²) in [6.45, 7) is -0.555. The summed E-state index contributed by atoms with van der Waals surface area (Å²) in [4.78, 5) is 13.2. The van der Waals surface area contributed by atoms with Crippen LogP contribution in [0.3, 0.4) is 0 Å². The maximum atomic E-state index is 13.7. The van der Waals surface area contributed by atoms with Crippen LogP contribution >= 0.6 is 0 Å². The van der Waals surface area contributed by atoms with Crippen LogP contribution in [0.25, 0.3) is 5.57 Å². The molecule has 1 N–H and O–H groups in total. The predicted molar refractivity (Wildman–Crippen MR) is 114 cm³/mol. The van der Waals surface area contributed by atoms with Gasteiger partial charge in [0.25, 0.3) is 5.91 Å². The van der Waals surface area contributed by atoms with Crippen LogP contribution in [0.1, 0.15) is 31.2 Å². The Hall–Kier alpha value is -2.62. The molecule has 6 nitrogen and oxygen atoms in total. The van der Waals surface area contributed by atoms with Gasteiger partial charge in [0.05, 0.1) is 16.7 Å². The van der Waals surface area contributed by atoms with Crippen LogP contribution in [-0.4, -0.2) is 48.4 Å². The number of aromatic nitrogens is 2. The summed E-state index contributed by atoms with van der Waals surface area (Å²) in [6, 6.07) is 7.46. The van der Waals surface area contributed by atoms with Crippen LogP contribution in [-0.2, 0) is 21.2 Å². The van der Waals surface area contributed by atoms with E-state index in [-0.39, 0.29) is 40.9 Å². The summed E-state index contributed by atoms with van der Waals surface area (Å²) in [6.07, 6.45) is 1.12. The minimum absolute atomic E-state index is 0.0305. The highest BCUT2D eigenvalue weighted by Crippen LogP contribution is 2.36. The van der Waals surface area contributed by atoms with Gasteiger partial charge >= 0.3 is 0 Å². The maximum absolute atomic E-state index is 13.7. The summed E-state index contributed by atoms with van der Waals surface area (Å²) in [5.74, 6) is -0.814. The topological polar surface area (TPSA) is 81.1 Å². The first-order chi connectivity index (χ1) is 15.3. The summed E-state index contributed by atoms with van der Waals surface area (Å²) in [5.41, 5.74) is 0.602. The summed E-state index contributed by atoms with van der Waals surface area (Å²) >= 11 is 0. The van der Waals surface area contributed by atoms with E-state index in [2.05, 4.69) is 10.4 Å². The Kier molecular flexibility index (Phi) is 6.41. The second kappa shape index (κ2) is 9.09. The fourth-order valence-corrected chi connectivity index (χ4v) is 5.52. The van der Waals surface area contributed by atoms with Crippen molar-refractivity contribution in [3.8, 4) is 0 Å². The first-order valence-electron chi connectivity index (χ1n) is 10.5. The maximum Gasteiger partial charge on any atom is 0.257 e. The van der Waals surface area contributed by atoms with Crippen LogP contribution in [0.2, 0.25) is 0 Å². The van der Waals surface area contributed by atoms with Gasteiger partial charge in [-0.15, -0.1) is 0 Å². The van der Waals surface area contributed by atoms with E-state index < -0.39 is 40.7 Å². The molecule has 0 spiro atoms. The molecule has 0 radical (unpaired) electrons. The zero-order valence-corrected chi connectivity index (χ0v) is 18.1. The fourth-order valence-electron chi connectivity index (χ4n) is 3.86. The molecule has 2 aliphatic carbocycles. The highest BCUT2D eigenvalue weighted by Gasteiger charge is 2.37. The van der Waals surface area contributed by atoms with Crippen molar-refractivity contribution in [2.24, 2.45) is 5.92 Å². The SMILES string of the molecule is O=C(Nc1ccn(CCF)n1)/C(=C/C1CC(F)C(F)C1)c1ccc(S(=O)(=O)C2CC2)cc1. The number of hydrogen-bond acceptors (Lipinski definition) is 4. The molecule has 2 atom stereocenters. The number of benzene rings is 1. The van der Waals surface area contributed by atoms with Crippen LogP contribution in [0.15, 0.2) is 47.5 Å². The molecule has 2 unspecified atom stereocenters. The van der Waals surface area contributed by atoms with E-state index in [1.165, 1.54) is 47.3 Å². The van der Waals surface area contributed by atoms with Crippen molar-refractivity contribution in [1.82, 2.24) is 9.78 Å². The number of carbonyl (C=O) groups excluding carboxylic acids is 1. The fraction of sp³-hybridized carbons (Fsp3) is 0.455. The lowest BCUT2D eigenvalue weighted by Gasteiger charge is -2.12. The molecule has 1 aromatic heterocycles. The van der Waals surface area contributed by atoms with Gasteiger partial charge < -0.3 is 5.32 Å². The van der Waals surface area contributed by atoms with E-state index >= 15 is 0 Å². The summed E-state index contributed by atoms with van der Waals surface area (Å²) in [7, 11) is -3.38. The first kappa shape index (κ1) is 22.6. The number of allylic oxidation sites excluding steroid dienone is 1. The van der Waals surface area contributed by atoms with Crippen LogP contribution in [0.4, 0.5) is 19.0 Å². The minimum Gasteiger partial charge on any atom is -0.305 e. The number of nitrogens with zero attached hydrogens (tertiary/aromatic N) is 2. The number of rotatable bonds is 8. The van der Waals surface area contributed by atoms with Gasteiger partial charge in [-0.3, -0.25) is 9.48 Å². The second-order valence-corrected chi connectivity index (χ2v) is 10.4. The molecule has 2 fully saturated rings. The molecule has 1 amide bonds. The molecular weight excluding hydrogens is 443 g/mol. The number of nitrogens with one attached hydrogen (secondary N) is 1. The molecule has 32 heavy (non-hydrogen) atoms. The van der Waals surface area contributed by atoms with Crippen LogP contribution < -0.4 is 5.32 Å². The standard InChI is InChI=1S/C22H24F3N3O3S/c23-8-10-28-9-7-21(27-28)26-22(29)18(11-14-12-19(24)20(25)13-14)15-1-3-16(4-2-15)32(30,31)17-5-6-17/h1-4,7,9,11,14,17,19-20H,5-6,8,10,12-13H2,(H,26,27,29)/b18-11+. The predicted octanol–water partition coefficient (Wildman–Crippen LogP) is 3.90. The normalized spacial score (nSPS) is 24.0. The average Bonchev–Trinajstić information content (AvgIpc) is 3.47. The number of hydrogen-bond donors (Lipinski definition) is 1. The Labute approximate surface area is 184 Å². The number of halogens is 3. The molecule has 1 heterocycles. The molecular formula is C22H24F3N3O3S. The van der Waals surface area contributed by atoms with Crippen LogP contribution in [0, 0.1) is 5.92 Å². The number of sulfone groups is 1. The summed E-state index contributed by atoms with van der Waals surface area (Å²) in [5, 5.41) is 6.33. The first-order valence-corrected chi connectivity index (χ1v) is 12.1. The number of carbonyl (C=O) groups is 1. The van der Waals surface area contributed by atoms with E-state index in [0.717, 1.165) is 0 Å². The van der Waals surface area contributed by atoms with Crippen LogP contribution in [0.5, 0.6) is 0 Å². The van der Waals surface area contributed by atoms with E-state index in [1.807, 2.05) is 0 Å². The van der Waals surface area contributed by atoms with Crippen molar-refractivity contribution < 1.29 is 26.4 Å². The van der Waals surface area contributed by atoms with Crippen molar-refractivity contribution >= 4 is 27.1 Å². The molecule has 2 aromatic rings. The zero-order chi connectivity index (χ0) is 22.9. The molecule has 2 saturated carbocycles. The van der Waals surface area contributed by atoms with Gasteiger partial charge in [0.15, 0.2) is 15.7 Å². The molecule has 172 valence electrons. The third-order valence-electron chi connectivity index (χ3n) is 5.75. The van der Waals surface area contributed by atoms with E-state index in [4.69, 9.17) is 0 Å². The average molecular weight is 468 g/mol. The lowest BCUT2D eigenvalue weighted by atomic mass is 9.98. The molecule has 4 rings (SSSR count).